The number of hydrogen-bond acceptors (Lipinski definition) is 4. The molecule has 0 aliphatic carbocycles. The van der Waals surface area contributed by atoms with E-state index in [1.165, 1.54) is 12.3 Å². The molecule has 0 saturated heterocycles. The number of allylic oxidation sites excluding steroid dienone is 1. The SMILES string of the molecule is C=C(/C=N\NC)c1cccc(-n2ccc(=O)c(O)c2)c1. The van der Waals surface area contributed by atoms with Gasteiger partial charge in [-0.05, 0) is 23.3 Å². The van der Waals surface area contributed by atoms with Crippen LogP contribution in [-0.4, -0.2) is 22.9 Å². The van der Waals surface area contributed by atoms with Crippen molar-refractivity contribution in [2.45, 2.75) is 0 Å². The van der Waals surface area contributed by atoms with E-state index in [4.69, 9.17) is 0 Å². The van der Waals surface area contributed by atoms with Crippen LogP contribution in [0.2, 0.25) is 0 Å². The number of nitrogens with one attached hydrogen (secondary N) is 1. The Balaban J connectivity index is 2.38. The Hall–Kier alpha value is -2.82. The van der Waals surface area contributed by atoms with Crippen molar-refractivity contribution in [1.29, 1.82) is 0 Å². The molecule has 0 spiro atoms. The molecule has 0 saturated carbocycles. The highest BCUT2D eigenvalue weighted by Crippen LogP contribution is 2.16. The number of pyridine rings is 1. The molecule has 2 rings (SSSR count). The Morgan fingerprint density at radius 2 is 2.25 bits per heavy atom. The van der Waals surface area contributed by atoms with E-state index in [0.717, 1.165) is 16.8 Å². The van der Waals surface area contributed by atoms with Crippen LogP contribution in [0, 0.1) is 0 Å². The van der Waals surface area contributed by atoms with Gasteiger partial charge in [-0.1, -0.05) is 18.7 Å². The van der Waals surface area contributed by atoms with Crippen molar-refractivity contribution in [2.75, 3.05) is 7.05 Å². The lowest BCUT2D eigenvalue weighted by atomic mass is 10.1. The molecule has 102 valence electrons. The van der Waals surface area contributed by atoms with E-state index in [-0.39, 0.29) is 5.75 Å². The average molecular weight is 269 g/mol. The molecule has 0 fully saturated rings. The summed E-state index contributed by atoms with van der Waals surface area (Å²) in [5.41, 5.74) is 4.74. The second-order valence-electron chi connectivity index (χ2n) is 4.16. The molecule has 1 aromatic heterocycles. The predicted octanol–water partition coefficient (Wildman–Crippen LogP) is 1.76. The third kappa shape index (κ3) is 2.95. The first kappa shape index (κ1) is 13.6. The van der Waals surface area contributed by atoms with Gasteiger partial charge >= 0.3 is 0 Å². The number of aromatic nitrogens is 1. The van der Waals surface area contributed by atoms with Crippen LogP contribution >= 0.6 is 0 Å². The minimum atomic E-state index is -0.400. The Morgan fingerprint density at radius 1 is 1.45 bits per heavy atom. The van der Waals surface area contributed by atoms with Gasteiger partial charge in [0.2, 0.25) is 5.43 Å². The lowest BCUT2D eigenvalue weighted by Crippen LogP contribution is -2.03. The molecule has 0 amide bonds. The van der Waals surface area contributed by atoms with E-state index < -0.39 is 5.43 Å². The maximum absolute atomic E-state index is 11.2. The van der Waals surface area contributed by atoms with Crippen LogP contribution in [-0.2, 0) is 0 Å². The molecule has 1 heterocycles. The fourth-order valence-corrected chi connectivity index (χ4v) is 1.72. The smallest absolute Gasteiger partial charge is 0.223 e. The van der Waals surface area contributed by atoms with E-state index in [2.05, 4.69) is 17.1 Å². The van der Waals surface area contributed by atoms with Gasteiger partial charge in [0.15, 0.2) is 5.75 Å². The summed E-state index contributed by atoms with van der Waals surface area (Å²) in [5.74, 6) is -0.284. The number of benzene rings is 1. The summed E-state index contributed by atoms with van der Waals surface area (Å²) in [6, 6.07) is 8.87. The first-order valence-corrected chi connectivity index (χ1v) is 6.02. The summed E-state index contributed by atoms with van der Waals surface area (Å²) < 4.78 is 1.67. The van der Waals surface area contributed by atoms with E-state index in [0.29, 0.717) is 0 Å². The third-order valence-electron chi connectivity index (χ3n) is 2.76. The zero-order valence-corrected chi connectivity index (χ0v) is 11.1. The van der Waals surface area contributed by atoms with E-state index in [9.17, 15) is 9.90 Å². The molecule has 0 atom stereocenters. The van der Waals surface area contributed by atoms with Crippen molar-refractivity contribution in [3.8, 4) is 11.4 Å². The van der Waals surface area contributed by atoms with E-state index >= 15 is 0 Å². The minimum absolute atomic E-state index is 0.284. The largest absolute Gasteiger partial charge is 0.503 e. The summed E-state index contributed by atoms with van der Waals surface area (Å²) >= 11 is 0. The van der Waals surface area contributed by atoms with Gasteiger partial charge in [-0.2, -0.15) is 5.10 Å². The van der Waals surface area contributed by atoms with Gasteiger partial charge in [-0.25, -0.2) is 0 Å². The monoisotopic (exact) mass is 269 g/mol. The Morgan fingerprint density at radius 3 is 2.95 bits per heavy atom. The molecular weight excluding hydrogens is 254 g/mol. The first-order chi connectivity index (χ1) is 9.61. The molecule has 2 aromatic rings. The van der Waals surface area contributed by atoms with Gasteiger partial charge in [0.05, 0.1) is 12.4 Å². The number of aromatic hydroxyl groups is 1. The molecule has 1 aromatic carbocycles. The van der Waals surface area contributed by atoms with Gasteiger partial charge in [0.1, 0.15) is 0 Å². The summed E-state index contributed by atoms with van der Waals surface area (Å²) in [6.07, 6.45) is 4.61. The maximum atomic E-state index is 11.2. The van der Waals surface area contributed by atoms with Crippen molar-refractivity contribution in [3.05, 3.63) is 65.1 Å². The van der Waals surface area contributed by atoms with Crippen molar-refractivity contribution in [2.24, 2.45) is 5.10 Å². The number of nitrogens with zero attached hydrogens (tertiary/aromatic N) is 2. The molecule has 2 N–H and O–H groups in total. The number of hydrogen-bond donors (Lipinski definition) is 2. The van der Waals surface area contributed by atoms with E-state index in [1.807, 2.05) is 24.3 Å². The van der Waals surface area contributed by atoms with Crippen LogP contribution in [0.3, 0.4) is 0 Å². The normalized spacial score (nSPS) is 10.7. The number of hydrazone groups is 1. The fourth-order valence-electron chi connectivity index (χ4n) is 1.72. The quantitative estimate of drug-likeness (QED) is 0.656. The summed E-state index contributed by atoms with van der Waals surface area (Å²) in [4.78, 5) is 11.2. The highest BCUT2D eigenvalue weighted by Gasteiger charge is 2.02. The van der Waals surface area contributed by atoms with Crippen LogP contribution < -0.4 is 10.9 Å². The second-order valence-corrected chi connectivity index (χ2v) is 4.16. The van der Waals surface area contributed by atoms with Crippen molar-refractivity contribution < 1.29 is 5.11 Å². The van der Waals surface area contributed by atoms with Gasteiger partial charge in [-0.3, -0.25) is 4.79 Å². The molecule has 5 heteroatoms. The molecule has 0 bridgehead atoms. The Bertz CT molecular complexity index is 717. The topological polar surface area (TPSA) is 66.6 Å². The molecule has 0 aliphatic rings. The van der Waals surface area contributed by atoms with E-state index in [1.54, 1.807) is 24.0 Å². The lowest BCUT2D eigenvalue weighted by molar-refractivity contribution is 0.465. The van der Waals surface area contributed by atoms with Gasteiger partial charge < -0.3 is 15.1 Å². The van der Waals surface area contributed by atoms with Crippen LogP contribution in [0.1, 0.15) is 5.56 Å². The minimum Gasteiger partial charge on any atom is -0.503 e. The van der Waals surface area contributed by atoms with Gasteiger partial charge in [0, 0.05) is 25.0 Å². The maximum Gasteiger partial charge on any atom is 0.223 e. The summed E-state index contributed by atoms with van der Waals surface area (Å²) in [5, 5.41) is 13.4. The second kappa shape index (κ2) is 5.88. The Labute approximate surface area is 116 Å². The molecule has 0 unspecified atom stereocenters. The Kier molecular flexibility index (Phi) is 4.00. The van der Waals surface area contributed by atoms with Crippen molar-refractivity contribution >= 4 is 11.8 Å². The first-order valence-electron chi connectivity index (χ1n) is 6.02. The van der Waals surface area contributed by atoms with Crippen LogP contribution in [0.25, 0.3) is 11.3 Å². The van der Waals surface area contributed by atoms with Gasteiger partial charge in [-0.15, -0.1) is 0 Å². The predicted molar refractivity (Wildman–Crippen MR) is 80.3 cm³/mol. The van der Waals surface area contributed by atoms with Crippen LogP contribution in [0.5, 0.6) is 5.75 Å². The molecule has 0 radical (unpaired) electrons. The molecule has 0 aliphatic heterocycles. The van der Waals surface area contributed by atoms with Crippen LogP contribution in [0.15, 0.2) is 59.2 Å². The summed E-state index contributed by atoms with van der Waals surface area (Å²) in [7, 11) is 1.71. The average Bonchev–Trinajstić information content (AvgIpc) is 2.47. The van der Waals surface area contributed by atoms with Crippen molar-refractivity contribution in [3.63, 3.8) is 0 Å². The molecule has 5 nitrogen and oxygen atoms in total. The third-order valence-corrected chi connectivity index (χ3v) is 2.76. The highest BCUT2D eigenvalue weighted by molar-refractivity contribution is 6.08. The summed E-state index contributed by atoms with van der Waals surface area (Å²) in [6.45, 7) is 3.93. The lowest BCUT2D eigenvalue weighted by Gasteiger charge is -2.08. The van der Waals surface area contributed by atoms with Crippen molar-refractivity contribution in [1.82, 2.24) is 9.99 Å². The molecular formula is C15H15N3O2. The highest BCUT2D eigenvalue weighted by atomic mass is 16.3. The fraction of sp³-hybridized carbons (Fsp3) is 0.0667. The van der Waals surface area contributed by atoms with Crippen LogP contribution in [0.4, 0.5) is 0 Å². The zero-order chi connectivity index (χ0) is 14.5. The molecule has 20 heavy (non-hydrogen) atoms. The van der Waals surface area contributed by atoms with Gasteiger partial charge in [0.25, 0.3) is 0 Å². The standard InChI is InChI=1S/C15H15N3O2/c1-11(9-17-16-2)12-4-3-5-13(8-12)18-7-6-14(19)15(20)10-18/h3-10,16,20H,1H2,2H3/b17-9-. The zero-order valence-electron chi connectivity index (χ0n) is 11.1. The number of rotatable bonds is 4.